The van der Waals surface area contributed by atoms with Crippen molar-refractivity contribution in [1.82, 2.24) is 14.9 Å². The molecule has 24 heavy (non-hydrogen) atoms. The highest BCUT2D eigenvalue weighted by Crippen LogP contribution is 2.27. The van der Waals surface area contributed by atoms with Crippen LogP contribution in [-0.2, 0) is 6.42 Å². The lowest BCUT2D eigenvalue weighted by molar-refractivity contribution is 0.336. The second-order valence-electron chi connectivity index (χ2n) is 6.25. The van der Waals surface area contributed by atoms with Crippen molar-refractivity contribution in [3.8, 4) is 5.75 Å². The van der Waals surface area contributed by atoms with Crippen LogP contribution in [0.4, 0.5) is 0 Å². The Morgan fingerprint density at radius 3 is 2.96 bits per heavy atom. The highest BCUT2D eigenvalue weighted by molar-refractivity contribution is 7.71. The molecule has 0 aliphatic heterocycles. The van der Waals surface area contributed by atoms with Crippen LogP contribution in [0.5, 0.6) is 5.75 Å². The lowest BCUT2D eigenvalue weighted by Gasteiger charge is -2.20. The van der Waals surface area contributed by atoms with Gasteiger partial charge in [-0.1, -0.05) is 43.7 Å². The molecule has 1 aromatic heterocycles. The Morgan fingerprint density at radius 2 is 2.17 bits per heavy atom. The molecule has 0 atom stereocenters. The number of hydrogen-bond donors (Lipinski definition) is 2. The molecule has 0 radical (unpaired) electrons. The van der Waals surface area contributed by atoms with Gasteiger partial charge in [0.05, 0.1) is 6.21 Å². The zero-order valence-corrected chi connectivity index (χ0v) is 15.0. The van der Waals surface area contributed by atoms with Gasteiger partial charge in [-0.3, -0.25) is 5.10 Å². The fraction of sp³-hybridized carbons (Fsp3) is 0.471. The van der Waals surface area contributed by atoms with Crippen LogP contribution >= 0.6 is 23.8 Å². The molecule has 7 heteroatoms. The third kappa shape index (κ3) is 4.24. The molecule has 128 valence electrons. The van der Waals surface area contributed by atoms with E-state index in [1.54, 1.807) is 29.1 Å². The summed E-state index contributed by atoms with van der Waals surface area (Å²) < 4.78 is 2.07. The van der Waals surface area contributed by atoms with E-state index in [4.69, 9.17) is 23.8 Å². The zero-order valence-electron chi connectivity index (χ0n) is 13.4. The van der Waals surface area contributed by atoms with Crippen molar-refractivity contribution in [2.75, 3.05) is 0 Å². The van der Waals surface area contributed by atoms with E-state index in [0.717, 1.165) is 24.6 Å². The summed E-state index contributed by atoms with van der Waals surface area (Å²) in [5.74, 6) is 1.73. The van der Waals surface area contributed by atoms with Crippen LogP contribution in [0.1, 0.15) is 49.9 Å². The number of halogens is 1. The average molecular weight is 365 g/mol. The number of benzene rings is 1. The third-order valence-corrected chi connectivity index (χ3v) is 5.02. The lowest BCUT2D eigenvalue weighted by Crippen LogP contribution is -2.09. The smallest absolute Gasteiger partial charge is 0.216 e. The normalized spacial score (nSPS) is 16.0. The summed E-state index contributed by atoms with van der Waals surface area (Å²) in [5, 5.41) is 21.9. The van der Waals surface area contributed by atoms with Crippen LogP contribution in [0.15, 0.2) is 23.3 Å². The Hall–Kier alpha value is -1.66. The van der Waals surface area contributed by atoms with E-state index in [-0.39, 0.29) is 5.75 Å². The van der Waals surface area contributed by atoms with E-state index < -0.39 is 0 Å². The fourth-order valence-corrected chi connectivity index (χ4v) is 3.54. The van der Waals surface area contributed by atoms with E-state index in [1.807, 2.05) is 0 Å². The summed E-state index contributed by atoms with van der Waals surface area (Å²) in [6, 6.07) is 4.83. The molecule has 0 amide bonds. The van der Waals surface area contributed by atoms with Crippen molar-refractivity contribution < 1.29 is 5.11 Å². The lowest BCUT2D eigenvalue weighted by atomic mass is 9.86. The minimum atomic E-state index is 0.127. The number of aromatic hydroxyl groups is 1. The van der Waals surface area contributed by atoms with E-state index in [9.17, 15) is 5.11 Å². The molecule has 1 saturated carbocycles. The SMILES string of the molecule is Oc1ccc(Cl)cc1/C=N/n1c(CCC2CCCCC2)n[nH]c1=S. The Morgan fingerprint density at radius 1 is 1.38 bits per heavy atom. The van der Waals surface area contributed by atoms with Gasteiger partial charge in [0, 0.05) is 17.0 Å². The summed E-state index contributed by atoms with van der Waals surface area (Å²) in [5.41, 5.74) is 0.545. The van der Waals surface area contributed by atoms with Crippen molar-refractivity contribution in [1.29, 1.82) is 0 Å². The van der Waals surface area contributed by atoms with Crippen LogP contribution in [-0.4, -0.2) is 26.2 Å². The van der Waals surface area contributed by atoms with E-state index in [1.165, 1.54) is 32.1 Å². The van der Waals surface area contributed by atoms with Crippen molar-refractivity contribution in [2.45, 2.75) is 44.9 Å². The first-order chi connectivity index (χ1) is 11.6. The van der Waals surface area contributed by atoms with Gasteiger partial charge in [-0.15, -0.1) is 0 Å². The molecule has 1 fully saturated rings. The number of phenolic OH excluding ortho intramolecular Hbond substituents is 1. The van der Waals surface area contributed by atoms with E-state index >= 15 is 0 Å². The number of H-pyrrole nitrogens is 1. The largest absolute Gasteiger partial charge is 0.507 e. The maximum absolute atomic E-state index is 9.87. The molecule has 2 aromatic rings. The molecule has 0 spiro atoms. The second-order valence-corrected chi connectivity index (χ2v) is 7.07. The Labute approximate surface area is 151 Å². The molecule has 1 aliphatic rings. The maximum Gasteiger partial charge on any atom is 0.216 e. The first kappa shape index (κ1) is 17.2. The number of aromatic nitrogens is 3. The van der Waals surface area contributed by atoms with Crippen molar-refractivity contribution in [2.24, 2.45) is 11.0 Å². The average Bonchev–Trinajstić information content (AvgIpc) is 2.95. The molecule has 3 rings (SSSR count). The van der Waals surface area contributed by atoms with Crippen LogP contribution in [0, 0.1) is 10.7 Å². The highest BCUT2D eigenvalue weighted by atomic mass is 35.5. The summed E-state index contributed by atoms with van der Waals surface area (Å²) >= 11 is 11.2. The first-order valence-corrected chi connectivity index (χ1v) is 9.11. The van der Waals surface area contributed by atoms with Crippen molar-refractivity contribution >= 4 is 30.0 Å². The van der Waals surface area contributed by atoms with Crippen molar-refractivity contribution in [3.05, 3.63) is 39.4 Å². The second kappa shape index (κ2) is 7.94. The molecule has 5 nitrogen and oxygen atoms in total. The highest BCUT2D eigenvalue weighted by Gasteiger charge is 2.15. The van der Waals surface area contributed by atoms with Crippen LogP contribution < -0.4 is 0 Å². The van der Waals surface area contributed by atoms with Gasteiger partial charge in [-0.25, -0.2) is 0 Å². The minimum absolute atomic E-state index is 0.127. The first-order valence-electron chi connectivity index (χ1n) is 8.32. The van der Waals surface area contributed by atoms with Gasteiger partial charge in [0.2, 0.25) is 4.77 Å². The number of phenols is 1. The van der Waals surface area contributed by atoms with Crippen LogP contribution in [0.3, 0.4) is 0 Å². The maximum atomic E-state index is 9.87. The fourth-order valence-electron chi connectivity index (χ4n) is 3.16. The Kier molecular flexibility index (Phi) is 5.68. The monoisotopic (exact) mass is 364 g/mol. The molecule has 0 saturated heterocycles. The predicted octanol–water partition coefficient (Wildman–Crippen LogP) is 4.69. The molecule has 0 bridgehead atoms. The van der Waals surface area contributed by atoms with Gasteiger partial charge in [-0.2, -0.15) is 14.9 Å². The van der Waals surface area contributed by atoms with E-state index in [2.05, 4.69) is 15.3 Å². The predicted molar refractivity (Wildman–Crippen MR) is 98.4 cm³/mol. The number of aryl methyl sites for hydroxylation is 1. The van der Waals surface area contributed by atoms with Gasteiger partial charge in [0.15, 0.2) is 5.82 Å². The standard InChI is InChI=1S/C17H21ClN4OS/c18-14-7-8-15(23)13(10-14)11-19-22-16(20-21-17(22)24)9-6-12-4-2-1-3-5-12/h7-8,10-12,23H,1-6,9H2,(H,21,24)/b19-11+. The van der Waals surface area contributed by atoms with Gasteiger partial charge in [0.1, 0.15) is 5.75 Å². The van der Waals surface area contributed by atoms with Gasteiger partial charge < -0.3 is 5.11 Å². The summed E-state index contributed by atoms with van der Waals surface area (Å²) in [7, 11) is 0. The molecule has 0 unspecified atom stereocenters. The Balaban J connectivity index is 1.73. The summed E-state index contributed by atoms with van der Waals surface area (Å²) in [6.45, 7) is 0. The van der Waals surface area contributed by atoms with Gasteiger partial charge in [0.25, 0.3) is 0 Å². The summed E-state index contributed by atoms with van der Waals surface area (Å²) in [4.78, 5) is 0. The van der Waals surface area contributed by atoms with E-state index in [0.29, 0.717) is 15.4 Å². The minimum Gasteiger partial charge on any atom is -0.507 e. The summed E-state index contributed by atoms with van der Waals surface area (Å²) in [6.07, 6.45) is 10.2. The molecule has 1 heterocycles. The number of aromatic amines is 1. The molecule has 2 N–H and O–H groups in total. The molecular formula is C17H21ClN4OS. The van der Waals surface area contributed by atoms with Crippen LogP contribution in [0.2, 0.25) is 5.02 Å². The van der Waals surface area contributed by atoms with Gasteiger partial charge in [-0.05, 0) is 42.8 Å². The number of nitrogens with zero attached hydrogens (tertiary/aromatic N) is 3. The quantitative estimate of drug-likeness (QED) is 0.597. The Bertz CT molecular complexity index is 777. The zero-order chi connectivity index (χ0) is 16.9. The third-order valence-electron chi connectivity index (χ3n) is 4.52. The van der Waals surface area contributed by atoms with Crippen molar-refractivity contribution in [3.63, 3.8) is 0 Å². The number of hydrogen-bond acceptors (Lipinski definition) is 4. The number of nitrogens with one attached hydrogen (secondary N) is 1. The topological polar surface area (TPSA) is 66.2 Å². The molecular weight excluding hydrogens is 344 g/mol. The molecule has 1 aromatic carbocycles. The number of rotatable bonds is 5. The van der Waals surface area contributed by atoms with Crippen LogP contribution in [0.25, 0.3) is 0 Å². The molecule has 1 aliphatic carbocycles. The van der Waals surface area contributed by atoms with Gasteiger partial charge >= 0.3 is 0 Å².